The molecule has 1 aromatic carbocycles. The molecule has 1 aliphatic heterocycles. The number of benzene rings is 1. The first-order chi connectivity index (χ1) is 14.7. The summed E-state index contributed by atoms with van der Waals surface area (Å²) in [7, 11) is 2.14. The standard InChI is InChI=1S/C23H23FN6/c1-28-10-11-29(14-17-4-3-9-25-13-17)16-22(28)23-21-8-7-19(15-30(21)27-26-23)18-5-2-6-20(24)12-18/h2-9,12-13,15,22H,10-11,14,16H2,1H3. The van der Waals surface area contributed by atoms with Gasteiger partial charge in [0, 0.05) is 50.3 Å². The summed E-state index contributed by atoms with van der Waals surface area (Å²) < 4.78 is 15.4. The van der Waals surface area contributed by atoms with Crippen molar-refractivity contribution in [1.82, 2.24) is 29.6 Å². The zero-order valence-electron chi connectivity index (χ0n) is 16.8. The lowest BCUT2D eigenvalue weighted by Gasteiger charge is -2.38. The number of aromatic nitrogens is 4. The second-order valence-electron chi connectivity index (χ2n) is 7.83. The average Bonchev–Trinajstić information content (AvgIpc) is 3.19. The summed E-state index contributed by atoms with van der Waals surface area (Å²) in [6.07, 6.45) is 5.64. The van der Waals surface area contributed by atoms with E-state index >= 15 is 0 Å². The topological polar surface area (TPSA) is 49.6 Å². The number of fused-ring (bicyclic) bond motifs is 1. The molecule has 0 N–H and O–H groups in total. The van der Waals surface area contributed by atoms with E-state index in [2.05, 4.69) is 38.2 Å². The Morgan fingerprint density at radius 3 is 2.83 bits per heavy atom. The summed E-state index contributed by atoms with van der Waals surface area (Å²) >= 11 is 0. The molecular weight excluding hydrogens is 379 g/mol. The molecule has 0 amide bonds. The van der Waals surface area contributed by atoms with Crippen molar-refractivity contribution in [3.8, 4) is 11.1 Å². The van der Waals surface area contributed by atoms with Crippen LogP contribution in [0.1, 0.15) is 17.3 Å². The van der Waals surface area contributed by atoms with E-state index in [9.17, 15) is 4.39 Å². The fourth-order valence-corrected chi connectivity index (χ4v) is 4.11. The fourth-order valence-electron chi connectivity index (χ4n) is 4.11. The minimum atomic E-state index is -0.246. The smallest absolute Gasteiger partial charge is 0.123 e. The van der Waals surface area contributed by atoms with Crippen LogP contribution in [0.5, 0.6) is 0 Å². The molecule has 0 bridgehead atoms. The van der Waals surface area contributed by atoms with Crippen LogP contribution < -0.4 is 0 Å². The third kappa shape index (κ3) is 3.69. The van der Waals surface area contributed by atoms with E-state index in [-0.39, 0.29) is 11.9 Å². The minimum Gasteiger partial charge on any atom is -0.296 e. The molecule has 1 atom stereocenters. The van der Waals surface area contributed by atoms with E-state index in [1.165, 1.54) is 17.7 Å². The molecule has 3 aromatic heterocycles. The Bertz CT molecular complexity index is 1160. The largest absolute Gasteiger partial charge is 0.296 e. The quantitative estimate of drug-likeness (QED) is 0.524. The molecule has 0 spiro atoms. The Balaban J connectivity index is 1.42. The van der Waals surface area contributed by atoms with Gasteiger partial charge in [-0.2, -0.15) is 0 Å². The molecule has 1 unspecified atom stereocenters. The summed E-state index contributed by atoms with van der Waals surface area (Å²) in [5.41, 5.74) is 4.91. The molecule has 0 radical (unpaired) electrons. The van der Waals surface area contributed by atoms with Gasteiger partial charge < -0.3 is 0 Å². The highest BCUT2D eigenvalue weighted by Crippen LogP contribution is 2.28. The van der Waals surface area contributed by atoms with E-state index in [0.29, 0.717) is 0 Å². The second kappa shape index (κ2) is 7.93. The zero-order chi connectivity index (χ0) is 20.5. The molecule has 4 heterocycles. The normalized spacial score (nSPS) is 18.1. The van der Waals surface area contributed by atoms with Crippen LogP contribution in [0, 0.1) is 5.82 Å². The molecule has 1 fully saturated rings. The average molecular weight is 402 g/mol. The number of piperazine rings is 1. The maximum Gasteiger partial charge on any atom is 0.123 e. The van der Waals surface area contributed by atoms with Gasteiger partial charge in [0.15, 0.2) is 0 Å². The molecule has 0 aliphatic carbocycles. The highest BCUT2D eigenvalue weighted by Gasteiger charge is 2.29. The molecular formula is C23H23FN6. The highest BCUT2D eigenvalue weighted by molar-refractivity contribution is 5.66. The molecule has 6 nitrogen and oxygen atoms in total. The van der Waals surface area contributed by atoms with Crippen LogP contribution in [-0.4, -0.2) is 56.3 Å². The van der Waals surface area contributed by atoms with Crippen LogP contribution in [0.2, 0.25) is 0 Å². The molecule has 30 heavy (non-hydrogen) atoms. The number of halogens is 1. The lowest BCUT2D eigenvalue weighted by atomic mass is 10.1. The van der Waals surface area contributed by atoms with Gasteiger partial charge in [-0.15, -0.1) is 5.10 Å². The van der Waals surface area contributed by atoms with E-state index < -0.39 is 0 Å². The summed E-state index contributed by atoms with van der Waals surface area (Å²) in [6, 6.07) is 14.9. The number of rotatable bonds is 4. The number of nitrogens with zero attached hydrogens (tertiary/aromatic N) is 6. The van der Waals surface area contributed by atoms with E-state index in [4.69, 9.17) is 0 Å². The zero-order valence-corrected chi connectivity index (χ0v) is 16.8. The molecule has 0 saturated carbocycles. The Morgan fingerprint density at radius 2 is 2.00 bits per heavy atom. The summed E-state index contributed by atoms with van der Waals surface area (Å²) in [6.45, 7) is 3.72. The molecule has 1 aliphatic rings. The minimum absolute atomic E-state index is 0.160. The fraction of sp³-hybridized carbons (Fsp3) is 0.261. The molecule has 4 aromatic rings. The Labute approximate surface area is 174 Å². The van der Waals surface area contributed by atoms with Crippen molar-refractivity contribution >= 4 is 5.52 Å². The SMILES string of the molecule is CN1CCN(Cc2cccnc2)CC1c1nnn2cc(-c3cccc(F)c3)ccc12. The van der Waals surface area contributed by atoms with Gasteiger partial charge in [-0.25, -0.2) is 8.91 Å². The monoisotopic (exact) mass is 402 g/mol. The van der Waals surface area contributed by atoms with Crippen LogP contribution in [0.15, 0.2) is 67.1 Å². The Kier molecular flexibility index (Phi) is 4.98. The summed E-state index contributed by atoms with van der Waals surface area (Å²) in [5, 5.41) is 8.89. The van der Waals surface area contributed by atoms with Gasteiger partial charge in [0.1, 0.15) is 11.5 Å². The van der Waals surface area contributed by atoms with Gasteiger partial charge in [-0.05, 0) is 42.4 Å². The third-order valence-electron chi connectivity index (χ3n) is 5.77. The van der Waals surface area contributed by atoms with Crippen molar-refractivity contribution in [2.45, 2.75) is 12.6 Å². The van der Waals surface area contributed by atoms with Crippen LogP contribution in [0.25, 0.3) is 16.6 Å². The second-order valence-corrected chi connectivity index (χ2v) is 7.83. The Hall–Kier alpha value is -3.16. The van der Waals surface area contributed by atoms with Crippen molar-refractivity contribution in [3.05, 3.63) is 84.2 Å². The van der Waals surface area contributed by atoms with Gasteiger partial charge in [0.05, 0.1) is 11.6 Å². The molecule has 152 valence electrons. The first kappa shape index (κ1) is 18.8. The maximum absolute atomic E-state index is 13.6. The van der Waals surface area contributed by atoms with Gasteiger partial charge >= 0.3 is 0 Å². The molecule has 1 saturated heterocycles. The lowest BCUT2D eigenvalue weighted by molar-refractivity contribution is 0.0889. The van der Waals surface area contributed by atoms with Gasteiger partial charge in [-0.3, -0.25) is 14.8 Å². The lowest BCUT2D eigenvalue weighted by Crippen LogP contribution is -2.46. The summed E-state index contributed by atoms with van der Waals surface area (Å²) in [5.74, 6) is -0.246. The number of likely N-dealkylation sites (N-methyl/N-ethyl adjacent to an activating group) is 1. The van der Waals surface area contributed by atoms with Crippen molar-refractivity contribution < 1.29 is 4.39 Å². The van der Waals surface area contributed by atoms with Gasteiger partial charge in [0.2, 0.25) is 0 Å². The first-order valence-electron chi connectivity index (χ1n) is 10.1. The van der Waals surface area contributed by atoms with Crippen LogP contribution in [0.4, 0.5) is 4.39 Å². The van der Waals surface area contributed by atoms with E-state index in [1.807, 2.05) is 36.7 Å². The maximum atomic E-state index is 13.6. The van der Waals surface area contributed by atoms with E-state index in [0.717, 1.165) is 48.5 Å². The number of pyridine rings is 2. The predicted octanol–water partition coefficient (Wildman–Crippen LogP) is 3.42. The number of hydrogen-bond donors (Lipinski definition) is 0. The van der Waals surface area contributed by atoms with Crippen molar-refractivity contribution in [3.63, 3.8) is 0 Å². The first-order valence-corrected chi connectivity index (χ1v) is 10.1. The highest BCUT2D eigenvalue weighted by atomic mass is 19.1. The van der Waals surface area contributed by atoms with Gasteiger partial charge in [-0.1, -0.05) is 29.5 Å². The van der Waals surface area contributed by atoms with E-state index in [1.54, 1.807) is 16.8 Å². The molecule has 7 heteroatoms. The van der Waals surface area contributed by atoms with Crippen molar-refractivity contribution in [1.29, 1.82) is 0 Å². The summed E-state index contributed by atoms with van der Waals surface area (Å²) in [4.78, 5) is 9.00. The third-order valence-corrected chi connectivity index (χ3v) is 5.77. The van der Waals surface area contributed by atoms with Crippen LogP contribution in [-0.2, 0) is 6.54 Å². The number of hydrogen-bond acceptors (Lipinski definition) is 5. The Morgan fingerprint density at radius 1 is 1.07 bits per heavy atom. The molecule has 5 rings (SSSR count). The predicted molar refractivity (Wildman–Crippen MR) is 113 cm³/mol. The van der Waals surface area contributed by atoms with Gasteiger partial charge in [0.25, 0.3) is 0 Å². The van der Waals surface area contributed by atoms with Crippen LogP contribution >= 0.6 is 0 Å². The van der Waals surface area contributed by atoms with Crippen LogP contribution in [0.3, 0.4) is 0 Å². The van der Waals surface area contributed by atoms with Crippen molar-refractivity contribution in [2.24, 2.45) is 0 Å². The van der Waals surface area contributed by atoms with Crippen molar-refractivity contribution in [2.75, 3.05) is 26.7 Å².